The summed E-state index contributed by atoms with van der Waals surface area (Å²) < 4.78 is 75.0. The fourth-order valence-electron chi connectivity index (χ4n) is 3.81. The smallest absolute Gasteiger partial charge is 0.424 e. The van der Waals surface area contributed by atoms with Crippen LogP contribution in [0.5, 0.6) is 11.5 Å². The monoisotopic (exact) mass is 727 g/mol. The molecule has 0 radical (unpaired) electrons. The molecule has 2 aromatic heterocycles. The normalized spacial score (nSPS) is 12.2. The number of ether oxygens (including phenoxy) is 3. The maximum absolute atomic E-state index is 15.5. The van der Waals surface area contributed by atoms with Crippen molar-refractivity contribution in [2.45, 2.75) is 57.6 Å². The number of hydrogen-bond acceptors (Lipinski definition) is 8. The van der Waals surface area contributed by atoms with Crippen LogP contribution >= 0.6 is 22.6 Å². The molecule has 14 heteroatoms. The summed E-state index contributed by atoms with van der Waals surface area (Å²) in [6, 6.07) is 10.5. The number of carbonyl (C=O) groups excluding carboxylic acids is 2. The van der Waals surface area contributed by atoms with E-state index >= 15 is 8.78 Å². The van der Waals surface area contributed by atoms with E-state index in [-0.39, 0.29) is 21.7 Å². The zero-order chi connectivity index (χ0) is 31.9. The highest BCUT2D eigenvalue weighted by Crippen LogP contribution is 2.38. The lowest BCUT2D eigenvalue weighted by atomic mass is 10.2. The third-order valence-corrected chi connectivity index (χ3v) is 7.96. The highest BCUT2D eigenvalue weighted by atomic mass is 127. The second-order valence-electron chi connectivity index (χ2n) is 11.2. The van der Waals surface area contributed by atoms with Crippen LogP contribution in [0.25, 0.3) is 11.0 Å². The molecule has 0 atom stereocenters. The van der Waals surface area contributed by atoms with E-state index < -0.39 is 56.5 Å². The molecule has 4 rings (SSSR count). The van der Waals surface area contributed by atoms with Crippen LogP contribution < -0.4 is 9.64 Å². The van der Waals surface area contributed by atoms with Gasteiger partial charge < -0.3 is 14.2 Å². The molecule has 2 amide bonds. The number of aromatic nitrogens is 2. The van der Waals surface area contributed by atoms with Crippen molar-refractivity contribution in [2.75, 3.05) is 4.90 Å². The third-order valence-electron chi connectivity index (χ3n) is 5.48. The number of anilines is 1. The van der Waals surface area contributed by atoms with Gasteiger partial charge in [-0.2, -0.15) is 4.90 Å². The van der Waals surface area contributed by atoms with E-state index in [0.29, 0.717) is 8.47 Å². The summed E-state index contributed by atoms with van der Waals surface area (Å²) in [5.74, 6) is -3.47. The minimum atomic E-state index is -4.06. The molecule has 0 saturated heterocycles. The Kier molecular flexibility index (Phi) is 8.75. The summed E-state index contributed by atoms with van der Waals surface area (Å²) >= 11 is 1.87. The summed E-state index contributed by atoms with van der Waals surface area (Å²) in [5, 5.41) is 0.189. The lowest BCUT2D eigenvalue weighted by Crippen LogP contribution is -2.43. The van der Waals surface area contributed by atoms with E-state index in [4.69, 9.17) is 14.2 Å². The number of benzene rings is 2. The van der Waals surface area contributed by atoms with Gasteiger partial charge in [0.15, 0.2) is 23.0 Å². The lowest BCUT2D eigenvalue weighted by Gasteiger charge is -2.28. The molecule has 0 bridgehead atoms. The first-order valence-electron chi connectivity index (χ1n) is 12.8. The molecule has 228 valence electrons. The quantitative estimate of drug-likeness (QED) is 0.193. The van der Waals surface area contributed by atoms with Crippen molar-refractivity contribution in [3.8, 4) is 11.5 Å². The predicted molar refractivity (Wildman–Crippen MR) is 163 cm³/mol. The highest BCUT2D eigenvalue weighted by molar-refractivity contribution is 14.1. The molecule has 10 nitrogen and oxygen atoms in total. The van der Waals surface area contributed by atoms with E-state index in [1.807, 2.05) is 22.6 Å². The number of halogens is 3. The Labute approximate surface area is 260 Å². The minimum absolute atomic E-state index is 0.0172. The molecule has 0 spiro atoms. The van der Waals surface area contributed by atoms with Crippen LogP contribution in [0.3, 0.4) is 0 Å². The average Bonchev–Trinajstić information content (AvgIpc) is 3.22. The topological polar surface area (TPSA) is 117 Å². The van der Waals surface area contributed by atoms with E-state index in [2.05, 4.69) is 4.98 Å². The predicted octanol–water partition coefficient (Wildman–Crippen LogP) is 7.63. The first-order valence-corrected chi connectivity index (χ1v) is 15.3. The summed E-state index contributed by atoms with van der Waals surface area (Å²) in [5.41, 5.74) is -2.60. The molecule has 2 heterocycles. The van der Waals surface area contributed by atoms with E-state index in [1.165, 1.54) is 30.6 Å². The molecule has 0 unspecified atom stereocenters. The molecule has 0 aliphatic carbocycles. The fraction of sp³-hybridized carbons (Fsp3) is 0.276. The standard InChI is InChI=1S/C29H28F2IN3O7S/c1-28(2,3)41-26(36)35(27(37)42-29(4,5)6)17-14-19(30)24(20(31)15-17)40-22-12-13-33-25-23(22)21(32)16-34(25)43(38,39)18-10-8-7-9-11-18/h7-16H,1-6H3. The molecule has 43 heavy (non-hydrogen) atoms. The molecule has 0 aliphatic rings. The number of nitrogens with zero attached hydrogens (tertiary/aromatic N) is 3. The molecular weight excluding hydrogens is 699 g/mol. The van der Waals surface area contributed by atoms with Crippen LogP contribution in [0, 0.1) is 15.2 Å². The van der Waals surface area contributed by atoms with Crippen LogP contribution in [0.1, 0.15) is 41.5 Å². The van der Waals surface area contributed by atoms with Gasteiger partial charge in [0.2, 0.25) is 0 Å². The van der Waals surface area contributed by atoms with Gasteiger partial charge in [-0.25, -0.2) is 35.7 Å². The van der Waals surface area contributed by atoms with Crippen LogP contribution in [-0.4, -0.2) is 40.8 Å². The van der Waals surface area contributed by atoms with E-state index in [0.717, 1.165) is 16.1 Å². The number of hydrogen-bond donors (Lipinski definition) is 0. The van der Waals surface area contributed by atoms with Crippen LogP contribution in [0.2, 0.25) is 0 Å². The second-order valence-corrected chi connectivity index (χ2v) is 14.2. The first-order chi connectivity index (χ1) is 19.9. The summed E-state index contributed by atoms with van der Waals surface area (Å²) in [7, 11) is -4.06. The Morgan fingerprint density at radius 3 is 1.95 bits per heavy atom. The minimum Gasteiger partial charge on any atom is -0.450 e. The molecule has 0 N–H and O–H groups in total. The maximum Gasteiger partial charge on any atom is 0.424 e. The molecule has 0 fully saturated rings. The van der Waals surface area contributed by atoms with Crippen molar-refractivity contribution in [1.82, 2.24) is 8.96 Å². The lowest BCUT2D eigenvalue weighted by molar-refractivity contribution is 0.0430. The summed E-state index contributed by atoms with van der Waals surface area (Å²) in [6.45, 7) is 9.37. The number of carbonyl (C=O) groups is 2. The van der Waals surface area contributed by atoms with Crippen molar-refractivity contribution < 1.29 is 41.0 Å². The largest absolute Gasteiger partial charge is 0.450 e. The number of amides is 2. The van der Waals surface area contributed by atoms with Gasteiger partial charge in [0, 0.05) is 28.1 Å². The highest BCUT2D eigenvalue weighted by Gasteiger charge is 2.34. The van der Waals surface area contributed by atoms with Crippen LogP contribution in [0.4, 0.5) is 24.1 Å². The zero-order valence-corrected chi connectivity index (χ0v) is 27.0. The van der Waals surface area contributed by atoms with Gasteiger partial charge in [0.1, 0.15) is 17.0 Å². The Balaban J connectivity index is 1.76. The van der Waals surface area contributed by atoms with Crippen molar-refractivity contribution in [1.29, 1.82) is 0 Å². The van der Waals surface area contributed by atoms with Gasteiger partial charge in [-0.05, 0) is 82.3 Å². The van der Waals surface area contributed by atoms with Gasteiger partial charge in [0.05, 0.1) is 16.0 Å². The molecule has 2 aromatic carbocycles. The number of rotatable bonds is 5. The maximum atomic E-state index is 15.5. The van der Waals surface area contributed by atoms with Crippen molar-refractivity contribution in [2.24, 2.45) is 0 Å². The molecule has 4 aromatic rings. The van der Waals surface area contributed by atoms with Gasteiger partial charge in [-0.15, -0.1) is 0 Å². The van der Waals surface area contributed by atoms with Gasteiger partial charge in [-0.1, -0.05) is 18.2 Å². The Hall–Kier alpha value is -3.79. The Bertz CT molecular complexity index is 1760. The SMILES string of the molecule is CC(C)(C)OC(=O)N(C(=O)OC(C)(C)C)c1cc(F)c(Oc2ccnc3c2c(I)cn3S(=O)(=O)c2ccccc2)c(F)c1. The first kappa shape index (κ1) is 32.1. The van der Waals surface area contributed by atoms with Crippen molar-refractivity contribution in [3.63, 3.8) is 0 Å². The number of fused-ring (bicyclic) bond motifs is 1. The number of imide groups is 1. The zero-order valence-electron chi connectivity index (χ0n) is 24.0. The third kappa shape index (κ3) is 7.06. The average molecular weight is 728 g/mol. The van der Waals surface area contributed by atoms with Crippen molar-refractivity contribution in [3.05, 3.63) is 76.1 Å². The second kappa shape index (κ2) is 11.7. The molecule has 0 saturated carbocycles. The summed E-state index contributed by atoms with van der Waals surface area (Å²) in [4.78, 5) is 30.4. The van der Waals surface area contributed by atoms with Gasteiger partial charge >= 0.3 is 12.2 Å². The van der Waals surface area contributed by atoms with Crippen LogP contribution in [0.15, 0.2) is 65.8 Å². The molecule has 0 aliphatic heterocycles. The van der Waals surface area contributed by atoms with E-state index in [9.17, 15) is 18.0 Å². The number of pyridine rings is 1. The van der Waals surface area contributed by atoms with Crippen LogP contribution in [-0.2, 0) is 19.5 Å². The van der Waals surface area contributed by atoms with Gasteiger partial charge in [0.25, 0.3) is 10.0 Å². The Morgan fingerprint density at radius 2 is 1.44 bits per heavy atom. The van der Waals surface area contributed by atoms with E-state index in [1.54, 1.807) is 59.7 Å². The van der Waals surface area contributed by atoms with Gasteiger partial charge in [-0.3, -0.25) is 0 Å². The van der Waals surface area contributed by atoms with Crippen molar-refractivity contribution >= 4 is 61.5 Å². The molecular formula is C29H28F2IN3O7S. The fourth-order valence-corrected chi connectivity index (χ4v) is 6.12. The Morgan fingerprint density at radius 1 is 0.907 bits per heavy atom. The summed E-state index contributed by atoms with van der Waals surface area (Å²) in [6.07, 6.45) is 0.144.